The van der Waals surface area contributed by atoms with Gasteiger partial charge in [0.1, 0.15) is 5.38 Å². The van der Waals surface area contributed by atoms with Gasteiger partial charge >= 0.3 is 0 Å². The molecule has 0 radical (unpaired) electrons. The quantitative estimate of drug-likeness (QED) is 0.719. The van der Waals surface area contributed by atoms with Crippen LogP contribution in [0.5, 0.6) is 0 Å². The van der Waals surface area contributed by atoms with Crippen molar-refractivity contribution in [1.29, 1.82) is 0 Å². The number of nitrogens with zero attached hydrogens (tertiary/aromatic N) is 2. The van der Waals surface area contributed by atoms with Crippen molar-refractivity contribution in [1.82, 2.24) is 9.47 Å². The van der Waals surface area contributed by atoms with Crippen molar-refractivity contribution in [2.24, 2.45) is 7.05 Å². The number of hydrogen-bond donors (Lipinski definition) is 0. The lowest BCUT2D eigenvalue weighted by molar-refractivity contribution is -0.131. The normalized spacial score (nSPS) is 12.5. The zero-order chi connectivity index (χ0) is 12.8. The molecule has 3 nitrogen and oxygen atoms in total. The Balaban J connectivity index is 2.70. The van der Waals surface area contributed by atoms with E-state index in [9.17, 15) is 4.79 Å². The highest BCUT2D eigenvalue weighted by Crippen LogP contribution is 2.10. The van der Waals surface area contributed by atoms with Crippen molar-refractivity contribution in [2.75, 3.05) is 6.54 Å². The number of halogens is 1. The Morgan fingerprint density at radius 3 is 2.76 bits per heavy atom. The molecule has 0 aliphatic heterocycles. The molecule has 1 heterocycles. The van der Waals surface area contributed by atoms with E-state index in [1.165, 1.54) is 0 Å². The van der Waals surface area contributed by atoms with Crippen molar-refractivity contribution in [2.45, 2.75) is 38.6 Å². The van der Waals surface area contributed by atoms with Crippen LogP contribution in [-0.2, 0) is 18.4 Å². The van der Waals surface area contributed by atoms with Gasteiger partial charge in [0.25, 0.3) is 0 Å². The Morgan fingerprint density at radius 1 is 1.59 bits per heavy atom. The standard InChI is InChI=1S/C13H21ClN2O/c1-4-5-9-16(13(17)11(2)14)10-12-7-6-8-15(12)3/h6-8,11H,4-5,9-10H2,1-3H3. The first kappa shape index (κ1) is 14.1. The Morgan fingerprint density at radius 2 is 2.29 bits per heavy atom. The van der Waals surface area contributed by atoms with E-state index >= 15 is 0 Å². The van der Waals surface area contributed by atoms with Crippen LogP contribution in [0.4, 0.5) is 0 Å². The average Bonchev–Trinajstić information content (AvgIpc) is 2.69. The van der Waals surface area contributed by atoms with Gasteiger partial charge < -0.3 is 9.47 Å². The van der Waals surface area contributed by atoms with E-state index in [1.54, 1.807) is 6.92 Å². The second-order valence-electron chi connectivity index (χ2n) is 4.34. The number of rotatable bonds is 6. The summed E-state index contributed by atoms with van der Waals surface area (Å²) in [5.74, 6) is 0.0151. The first-order chi connectivity index (χ1) is 8.06. The number of amides is 1. The summed E-state index contributed by atoms with van der Waals surface area (Å²) in [5.41, 5.74) is 1.13. The Labute approximate surface area is 108 Å². The molecule has 0 saturated heterocycles. The van der Waals surface area contributed by atoms with Crippen LogP contribution in [0.1, 0.15) is 32.4 Å². The first-order valence-electron chi connectivity index (χ1n) is 6.09. The van der Waals surface area contributed by atoms with Crippen molar-refractivity contribution in [3.8, 4) is 0 Å². The molecule has 0 bridgehead atoms. The monoisotopic (exact) mass is 256 g/mol. The highest BCUT2D eigenvalue weighted by molar-refractivity contribution is 6.30. The van der Waals surface area contributed by atoms with Gasteiger partial charge in [-0.3, -0.25) is 4.79 Å². The Bertz CT molecular complexity index is 360. The minimum Gasteiger partial charge on any atom is -0.353 e. The molecule has 4 heteroatoms. The summed E-state index contributed by atoms with van der Waals surface area (Å²) in [7, 11) is 1.99. The zero-order valence-electron chi connectivity index (χ0n) is 10.8. The van der Waals surface area contributed by atoms with E-state index in [-0.39, 0.29) is 5.91 Å². The van der Waals surface area contributed by atoms with Gasteiger partial charge in [0, 0.05) is 25.5 Å². The van der Waals surface area contributed by atoms with Crippen LogP contribution < -0.4 is 0 Å². The maximum atomic E-state index is 12.0. The molecule has 0 N–H and O–H groups in total. The maximum Gasteiger partial charge on any atom is 0.240 e. The molecule has 0 fully saturated rings. The molecule has 1 aromatic heterocycles. The lowest BCUT2D eigenvalue weighted by Crippen LogP contribution is -2.36. The summed E-state index contributed by atoms with van der Waals surface area (Å²) in [5, 5.41) is -0.452. The van der Waals surface area contributed by atoms with Crippen molar-refractivity contribution in [3.05, 3.63) is 24.0 Å². The second-order valence-corrected chi connectivity index (χ2v) is 4.99. The molecule has 0 spiro atoms. The van der Waals surface area contributed by atoms with Crippen LogP contribution in [0.2, 0.25) is 0 Å². The molecule has 0 aromatic carbocycles. The molecule has 1 amide bonds. The molecule has 0 saturated carbocycles. The van der Waals surface area contributed by atoms with Gasteiger partial charge in [-0.05, 0) is 25.5 Å². The van der Waals surface area contributed by atoms with Crippen molar-refractivity contribution in [3.63, 3.8) is 0 Å². The summed E-state index contributed by atoms with van der Waals surface area (Å²) in [4.78, 5) is 13.8. The topological polar surface area (TPSA) is 25.2 Å². The van der Waals surface area contributed by atoms with Crippen LogP contribution in [0.15, 0.2) is 18.3 Å². The minimum absolute atomic E-state index is 0.0151. The summed E-state index contributed by atoms with van der Waals surface area (Å²) < 4.78 is 2.03. The van der Waals surface area contributed by atoms with E-state index in [4.69, 9.17) is 11.6 Å². The van der Waals surface area contributed by atoms with Crippen LogP contribution in [0.3, 0.4) is 0 Å². The smallest absolute Gasteiger partial charge is 0.240 e. The molecule has 1 atom stereocenters. The molecule has 1 unspecified atom stereocenters. The molecule has 17 heavy (non-hydrogen) atoms. The maximum absolute atomic E-state index is 12.0. The molecular formula is C13H21ClN2O. The average molecular weight is 257 g/mol. The fourth-order valence-electron chi connectivity index (χ4n) is 1.72. The SMILES string of the molecule is CCCCN(Cc1cccn1C)C(=O)C(C)Cl. The number of unbranched alkanes of at least 4 members (excludes halogenated alkanes) is 1. The van der Waals surface area contributed by atoms with E-state index in [0.29, 0.717) is 6.54 Å². The third kappa shape index (κ3) is 4.08. The largest absolute Gasteiger partial charge is 0.353 e. The molecule has 1 aromatic rings. The predicted molar refractivity (Wildman–Crippen MR) is 71.1 cm³/mol. The number of aromatic nitrogens is 1. The summed E-state index contributed by atoms with van der Waals surface area (Å²) in [6, 6.07) is 4.02. The van der Waals surface area contributed by atoms with Gasteiger partial charge in [-0.25, -0.2) is 0 Å². The van der Waals surface area contributed by atoms with E-state index in [0.717, 1.165) is 25.1 Å². The van der Waals surface area contributed by atoms with Crippen LogP contribution >= 0.6 is 11.6 Å². The summed E-state index contributed by atoms with van der Waals surface area (Å²) >= 11 is 5.88. The Kier molecular flexibility index (Phi) is 5.56. The van der Waals surface area contributed by atoms with Crippen LogP contribution in [0.25, 0.3) is 0 Å². The predicted octanol–water partition coefficient (Wildman–Crippen LogP) is 2.78. The lowest BCUT2D eigenvalue weighted by Gasteiger charge is -2.24. The van der Waals surface area contributed by atoms with Gasteiger partial charge in [-0.2, -0.15) is 0 Å². The second kappa shape index (κ2) is 6.70. The number of hydrogen-bond acceptors (Lipinski definition) is 1. The number of alkyl halides is 1. The van der Waals surface area contributed by atoms with Gasteiger partial charge in [0.05, 0.1) is 6.54 Å². The van der Waals surface area contributed by atoms with Crippen molar-refractivity contribution < 1.29 is 4.79 Å². The molecule has 0 aliphatic carbocycles. The van der Waals surface area contributed by atoms with Gasteiger partial charge in [-0.1, -0.05) is 13.3 Å². The fourth-order valence-corrected chi connectivity index (χ4v) is 1.86. The molecule has 0 aliphatic rings. The third-order valence-electron chi connectivity index (χ3n) is 2.84. The lowest BCUT2D eigenvalue weighted by atomic mass is 10.2. The van der Waals surface area contributed by atoms with Crippen molar-refractivity contribution >= 4 is 17.5 Å². The highest BCUT2D eigenvalue weighted by atomic mass is 35.5. The van der Waals surface area contributed by atoms with Crippen LogP contribution in [-0.4, -0.2) is 27.3 Å². The van der Waals surface area contributed by atoms with Gasteiger partial charge in [-0.15, -0.1) is 11.6 Å². The van der Waals surface area contributed by atoms with E-state index in [1.807, 2.05) is 34.8 Å². The first-order valence-corrected chi connectivity index (χ1v) is 6.53. The van der Waals surface area contributed by atoms with E-state index < -0.39 is 5.38 Å². The number of carbonyl (C=O) groups is 1. The number of carbonyl (C=O) groups excluding carboxylic acids is 1. The third-order valence-corrected chi connectivity index (χ3v) is 3.02. The fraction of sp³-hybridized carbons (Fsp3) is 0.615. The van der Waals surface area contributed by atoms with Gasteiger partial charge in [0.2, 0.25) is 5.91 Å². The minimum atomic E-state index is -0.452. The molecule has 1 rings (SSSR count). The number of aryl methyl sites for hydroxylation is 1. The Hall–Kier alpha value is -0.960. The zero-order valence-corrected chi connectivity index (χ0v) is 11.6. The van der Waals surface area contributed by atoms with E-state index in [2.05, 4.69) is 6.92 Å². The summed E-state index contributed by atoms with van der Waals surface area (Å²) in [6.07, 6.45) is 4.08. The molecular weight excluding hydrogens is 236 g/mol. The van der Waals surface area contributed by atoms with Crippen LogP contribution in [0, 0.1) is 0 Å². The highest BCUT2D eigenvalue weighted by Gasteiger charge is 2.18. The summed E-state index contributed by atoms with van der Waals surface area (Å²) in [6.45, 7) is 5.26. The molecule has 96 valence electrons. The van der Waals surface area contributed by atoms with Gasteiger partial charge in [0.15, 0.2) is 0 Å².